The van der Waals surface area contributed by atoms with Crippen LogP contribution >= 0.6 is 0 Å². The SMILES string of the molecule is NC(Cc1ccccc1)C(=O)NCCC(=O)NC1CC1. The Hall–Kier alpha value is -1.88. The van der Waals surface area contributed by atoms with Gasteiger partial charge in [-0.25, -0.2) is 0 Å². The van der Waals surface area contributed by atoms with Gasteiger partial charge in [0.05, 0.1) is 6.04 Å². The average molecular weight is 275 g/mol. The molecular weight excluding hydrogens is 254 g/mol. The van der Waals surface area contributed by atoms with Gasteiger partial charge in [0.1, 0.15) is 0 Å². The van der Waals surface area contributed by atoms with Crippen molar-refractivity contribution in [3.8, 4) is 0 Å². The summed E-state index contributed by atoms with van der Waals surface area (Å²) in [5, 5.41) is 5.58. The van der Waals surface area contributed by atoms with Crippen LogP contribution in [0.4, 0.5) is 0 Å². The molecule has 4 N–H and O–H groups in total. The zero-order chi connectivity index (χ0) is 14.4. The fourth-order valence-electron chi connectivity index (χ4n) is 1.92. The molecule has 1 aliphatic carbocycles. The van der Waals surface area contributed by atoms with Crippen molar-refractivity contribution >= 4 is 11.8 Å². The van der Waals surface area contributed by atoms with E-state index in [-0.39, 0.29) is 11.8 Å². The van der Waals surface area contributed by atoms with Gasteiger partial charge in [-0.05, 0) is 24.8 Å². The van der Waals surface area contributed by atoms with E-state index in [0.717, 1.165) is 18.4 Å². The van der Waals surface area contributed by atoms with Gasteiger partial charge in [-0.1, -0.05) is 30.3 Å². The summed E-state index contributed by atoms with van der Waals surface area (Å²) < 4.78 is 0. The summed E-state index contributed by atoms with van der Waals surface area (Å²) in [6.45, 7) is 0.333. The number of nitrogens with two attached hydrogens (primary N) is 1. The lowest BCUT2D eigenvalue weighted by molar-refractivity contribution is -0.123. The van der Waals surface area contributed by atoms with E-state index in [4.69, 9.17) is 5.73 Å². The molecule has 108 valence electrons. The van der Waals surface area contributed by atoms with Crippen molar-refractivity contribution in [2.75, 3.05) is 6.54 Å². The Balaban J connectivity index is 1.64. The van der Waals surface area contributed by atoms with Crippen molar-refractivity contribution in [1.82, 2.24) is 10.6 Å². The highest BCUT2D eigenvalue weighted by molar-refractivity contribution is 5.83. The summed E-state index contributed by atoms with van der Waals surface area (Å²) in [5.74, 6) is -0.225. The maximum atomic E-state index is 11.8. The third-order valence-corrected chi connectivity index (χ3v) is 3.23. The molecule has 1 atom stereocenters. The molecular formula is C15H21N3O2. The molecule has 20 heavy (non-hydrogen) atoms. The van der Waals surface area contributed by atoms with Crippen molar-refractivity contribution in [2.24, 2.45) is 5.73 Å². The lowest BCUT2D eigenvalue weighted by Crippen LogP contribution is -2.43. The lowest BCUT2D eigenvalue weighted by atomic mass is 10.1. The molecule has 1 saturated carbocycles. The minimum atomic E-state index is -0.580. The first-order chi connectivity index (χ1) is 9.65. The average Bonchev–Trinajstić information content (AvgIpc) is 3.23. The first kappa shape index (κ1) is 14.5. The number of benzene rings is 1. The summed E-state index contributed by atoms with van der Waals surface area (Å²) in [6, 6.07) is 9.42. The van der Waals surface area contributed by atoms with Gasteiger partial charge in [0.25, 0.3) is 0 Å². The molecule has 0 bridgehead atoms. The Morgan fingerprint density at radius 3 is 2.60 bits per heavy atom. The highest BCUT2D eigenvalue weighted by Crippen LogP contribution is 2.18. The Labute approximate surface area is 118 Å². The molecule has 1 aliphatic rings. The number of hydrogen-bond donors (Lipinski definition) is 3. The number of carbonyl (C=O) groups is 2. The molecule has 2 rings (SSSR count). The number of amides is 2. The standard InChI is InChI=1S/C15H21N3O2/c16-13(10-11-4-2-1-3-5-11)15(20)17-9-8-14(19)18-12-6-7-12/h1-5,12-13H,6-10,16H2,(H,17,20)(H,18,19). The van der Waals surface area contributed by atoms with Crippen LogP contribution in [0.5, 0.6) is 0 Å². The summed E-state index contributed by atoms with van der Waals surface area (Å²) >= 11 is 0. The maximum absolute atomic E-state index is 11.8. The van der Waals surface area contributed by atoms with E-state index in [1.807, 2.05) is 30.3 Å². The molecule has 1 fully saturated rings. The van der Waals surface area contributed by atoms with Gasteiger partial charge in [-0.3, -0.25) is 9.59 Å². The maximum Gasteiger partial charge on any atom is 0.237 e. The van der Waals surface area contributed by atoms with Crippen LogP contribution in [0.2, 0.25) is 0 Å². The van der Waals surface area contributed by atoms with Crippen molar-refractivity contribution in [1.29, 1.82) is 0 Å². The predicted molar refractivity (Wildman–Crippen MR) is 76.9 cm³/mol. The minimum absolute atomic E-state index is 0.00979. The topological polar surface area (TPSA) is 84.2 Å². The molecule has 0 aromatic heterocycles. The quantitative estimate of drug-likeness (QED) is 0.671. The molecule has 0 heterocycles. The fourth-order valence-corrected chi connectivity index (χ4v) is 1.92. The molecule has 0 spiro atoms. The summed E-state index contributed by atoms with van der Waals surface area (Å²) in [4.78, 5) is 23.2. The number of nitrogens with one attached hydrogen (secondary N) is 2. The molecule has 0 radical (unpaired) electrons. The molecule has 0 aliphatic heterocycles. The van der Waals surface area contributed by atoms with E-state index in [0.29, 0.717) is 25.4 Å². The molecule has 5 heteroatoms. The number of hydrogen-bond acceptors (Lipinski definition) is 3. The Kier molecular flexibility index (Phi) is 5.12. The smallest absolute Gasteiger partial charge is 0.237 e. The second-order valence-electron chi connectivity index (χ2n) is 5.18. The minimum Gasteiger partial charge on any atom is -0.354 e. The Morgan fingerprint density at radius 1 is 1.25 bits per heavy atom. The van der Waals surface area contributed by atoms with Gasteiger partial charge in [0.2, 0.25) is 11.8 Å². The molecule has 1 aromatic carbocycles. The monoisotopic (exact) mass is 275 g/mol. The van der Waals surface area contributed by atoms with E-state index >= 15 is 0 Å². The largest absolute Gasteiger partial charge is 0.354 e. The van der Waals surface area contributed by atoms with Crippen LogP contribution in [0.25, 0.3) is 0 Å². The van der Waals surface area contributed by atoms with E-state index in [1.165, 1.54) is 0 Å². The van der Waals surface area contributed by atoms with Gasteiger partial charge in [0.15, 0.2) is 0 Å². The van der Waals surface area contributed by atoms with Gasteiger partial charge in [0, 0.05) is 19.0 Å². The van der Waals surface area contributed by atoms with E-state index in [2.05, 4.69) is 10.6 Å². The second-order valence-corrected chi connectivity index (χ2v) is 5.18. The van der Waals surface area contributed by atoms with Gasteiger partial charge < -0.3 is 16.4 Å². The Morgan fingerprint density at radius 2 is 1.95 bits per heavy atom. The molecule has 5 nitrogen and oxygen atoms in total. The van der Waals surface area contributed by atoms with Crippen LogP contribution in [0.1, 0.15) is 24.8 Å². The van der Waals surface area contributed by atoms with Crippen LogP contribution in [0.3, 0.4) is 0 Å². The van der Waals surface area contributed by atoms with Crippen LogP contribution in [0.15, 0.2) is 30.3 Å². The van der Waals surface area contributed by atoms with Gasteiger partial charge >= 0.3 is 0 Å². The van der Waals surface area contributed by atoms with Gasteiger partial charge in [-0.15, -0.1) is 0 Å². The Bertz CT molecular complexity index is 457. The van der Waals surface area contributed by atoms with Crippen molar-refractivity contribution < 1.29 is 9.59 Å². The summed E-state index contributed by atoms with van der Waals surface area (Å²) in [7, 11) is 0. The fraction of sp³-hybridized carbons (Fsp3) is 0.467. The molecule has 2 amide bonds. The zero-order valence-electron chi connectivity index (χ0n) is 11.5. The number of carbonyl (C=O) groups excluding carboxylic acids is 2. The van der Waals surface area contributed by atoms with Crippen molar-refractivity contribution in [3.63, 3.8) is 0 Å². The van der Waals surface area contributed by atoms with Gasteiger partial charge in [-0.2, -0.15) is 0 Å². The molecule has 1 unspecified atom stereocenters. The van der Waals surface area contributed by atoms with Crippen molar-refractivity contribution in [2.45, 2.75) is 37.8 Å². The van der Waals surface area contributed by atoms with Crippen LogP contribution in [-0.2, 0) is 16.0 Å². The summed E-state index contributed by atoms with van der Waals surface area (Å²) in [5.41, 5.74) is 6.87. The zero-order valence-corrected chi connectivity index (χ0v) is 11.5. The normalized spacial score (nSPS) is 15.4. The second kappa shape index (κ2) is 7.05. The van der Waals surface area contributed by atoms with E-state index in [1.54, 1.807) is 0 Å². The summed E-state index contributed by atoms with van der Waals surface area (Å²) in [6.07, 6.45) is 2.95. The van der Waals surface area contributed by atoms with E-state index in [9.17, 15) is 9.59 Å². The molecule has 0 saturated heterocycles. The highest BCUT2D eigenvalue weighted by Gasteiger charge is 2.23. The first-order valence-corrected chi connectivity index (χ1v) is 7.02. The first-order valence-electron chi connectivity index (χ1n) is 7.02. The van der Waals surface area contributed by atoms with Crippen LogP contribution < -0.4 is 16.4 Å². The predicted octanol–water partition coefficient (Wildman–Crippen LogP) is 0.341. The molecule has 1 aromatic rings. The number of rotatable bonds is 7. The van der Waals surface area contributed by atoms with Crippen molar-refractivity contribution in [3.05, 3.63) is 35.9 Å². The van der Waals surface area contributed by atoms with Crippen LogP contribution in [0, 0.1) is 0 Å². The third-order valence-electron chi connectivity index (χ3n) is 3.23. The lowest BCUT2D eigenvalue weighted by Gasteiger charge is -2.12. The van der Waals surface area contributed by atoms with E-state index < -0.39 is 6.04 Å². The third kappa shape index (κ3) is 5.01. The van der Waals surface area contributed by atoms with Crippen LogP contribution in [-0.4, -0.2) is 30.4 Å². The highest BCUT2D eigenvalue weighted by atomic mass is 16.2.